The molecule has 0 spiro atoms. The molecule has 0 aliphatic heterocycles. The Morgan fingerprint density at radius 2 is 1.53 bits per heavy atom. The molecule has 2 aromatic carbocycles. The lowest BCUT2D eigenvalue weighted by Crippen LogP contribution is -2.61. The Morgan fingerprint density at radius 1 is 1.00 bits per heavy atom. The van der Waals surface area contributed by atoms with Crippen molar-refractivity contribution in [1.29, 1.82) is 0 Å². The highest BCUT2D eigenvalue weighted by Gasteiger charge is 2.44. The third-order valence-corrected chi connectivity index (χ3v) is 7.16. The Kier molecular flexibility index (Phi) is 8.36. The van der Waals surface area contributed by atoms with Gasteiger partial charge in [-0.05, 0) is 47.6 Å². The zero-order valence-corrected chi connectivity index (χ0v) is 20.3. The highest BCUT2D eigenvalue weighted by Crippen LogP contribution is 2.31. The summed E-state index contributed by atoms with van der Waals surface area (Å²) in [6, 6.07) is 12.2. The van der Waals surface area contributed by atoms with E-state index < -0.39 is 28.7 Å². The van der Waals surface area contributed by atoms with Crippen LogP contribution in [0.1, 0.15) is 45.1 Å². The third-order valence-electron chi connectivity index (χ3n) is 6.33. The van der Waals surface area contributed by atoms with E-state index in [1.54, 1.807) is 24.3 Å². The highest BCUT2D eigenvalue weighted by atomic mass is 32.1. The van der Waals surface area contributed by atoms with E-state index in [9.17, 15) is 23.9 Å². The van der Waals surface area contributed by atoms with Gasteiger partial charge in [0.2, 0.25) is 11.8 Å². The van der Waals surface area contributed by atoms with Crippen molar-refractivity contribution in [2.24, 2.45) is 5.92 Å². The lowest BCUT2D eigenvalue weighted by atomic mass is 9.94. The van der Waals surface area contributed by atoms with Crippen molar-refractivity contribution < 1.29 is 23.9 Å². The van der Waals surface area contributed by atoms with Crippen LogP contribution in [-0.2, 0) is 20.8 Å². The van der Waals surface area contributed by atoms with Gasteiger partial charge in [0.25, 0.3) is 0 Å². The average molecular weight is 487 g/mol. The summed E-state index contributed by atoms with van der Waals surface area (Å²) in [5, 5.41) is 14.7. The molecular formula is C26H31FN2O4S. The summed E-state index contributed by atoms with van der Waals surface area (Å²) in [5.41, 5.74) is 1.34. The van der Waals surface area contributed by atoms with Gasteiger partial charge in [-0.25, -0.2) is 9.18 Å². The molecule has 3 N–H and O–H groups in total. The number of nitrogens with one attached hydrogen (secondary N) is 2. The molecule has 0 saturated heterocycles. The number of hydrogen-bond donors (Lipinski definition) is 4. The summed E-state index contributed by atoms with van der Waals surface area (Å²) in [7, 11) is 0. The summed E-state index contributed by atoms with van der Waals surface area (Å²) >= 11 is 4.35. The lowest BCUT2D eigenvalue weighted by molar-refractivity contribution is -0.143. The number of hydrogen-bond acceptors (Lipinski definition) is 4. The molecule has 0 aromatic heterocycles. The first-order valence-electron chi connectivity index (χ1n) is 11.5. The third kappa shape index (κ3) is 6.17. The van der Waals surface area contributed by atoms with Gasteiger partial charge in [0.15, 0.2) is 0 Å². The fraction of sp³-hybridized carbons (Fsp3) is 0.423. The maximum atomic E-state index is 13.2. The molecule has 8 heteroatoms. The van der Waals surface area contributed by atoms with Crippen LogP contribution < -0.4 is 10.6 Å². The number of carboxylic acids is 1. The summed E-state index contributed by atoms with van der Waals surface area (Å²) in [5.74, 6) is -2.26. The fourth-order valence-electron chi connectivity index (χ4n) is 4.21. The molecule has 0 bridgehead atoms. The Bertz CT molecular complexity index is 1020. The first-order valence-corrected chi connectivity index (χ1v) is 12.0. The van der Waals surface area contributed by atoms with Crippen LogP contribution in [0.3, 0.4) is 0 Å². The van der Waals surface area contributed by atoms with Crippen LogP contribution in [0.5, 0.6) is 0 Å². The van der Waals surface area contributed by atoms with Crippen LogP contribution in [-0.4, -0.2) is 39.7 Å². The van der Waals surface area contributed by atoms with Crippen LogP contribution in [0, 0.1) is 11.7 Å². The molecule has 34 heavy (non-hydrogen) atoms. The highest BCUT2D eigenvalue weighted by molar-refractivity contribution is 7.81. The van der Waals surface area contributed by atoms with E-state index in [0.29, 0.717) is 12.8 Å². The van der Waals surface area contributed by atoms with Gasteiger partial charge in [-0.2, -0.15) is 12.6 Å². The lowest BCUT2D eigenvalue weighted by Gasteiger charge is -2.32. The predicted octanol–water partition coefficient (Wildman–Crippen LogP) is 3.99. The van der Waals surface area contributed by atoms with Crippen molar-refractivity contribution in [3.63, 3.8) is 0 Å². The monoisotopic (exact) mass is 486 g/mol. The predicted molar refractivity (Wildman–Crippen MR) is 132 cm³/mol. The van der Waals surface area contributed by atoms with E-state index in [4.69, 9.17) is 0 Å². The van der Waals surface area contributed by atoms with Gasteiger partial charge < -0.3 is 15.7 Å². The Morgan fingerprint density at radius 3 is 2.03 bits per heavy atom. The number of halogens is 1. The molecule has 2 amide bonds. The maximum absolute atomic E-state index is 13.2. The van der Waals surface area contributed by atoms with E-state index in [-0.39, 0.29) is 24.1 Å². The number of carbonyl (C=O) groups is 3. The maximum Gasteiger partial charge on any atom is 0.326 e. The second-order valence-corrected chi connectivity index (χ2v) is 9.80. The average Bonchev–Trinajstić information content (AvgIpc) is 3.28. The van der Waals surface area contributed by atoms with Crippen LogP contribution in [0.2, 0.25) is 0 Å². The molecule has 6 nitrogen and oxygen atoms in total. The molecule has 0 heterocycles. The minimum absolute atomic E-state index is 0.00510. The van der Waals surface area contributed by atoms with Crippen molar-refractivity contribution in [2.45, 2.75) is 62.8 Å². The largest absolute Gasteiger partial charge is 0.480 e. The van der Waals surface area contributed by atoms with E-state index >= 15 is 0 Å². The molecule has 2 atom stereocenters. The normalized spacial score (nSPS) is 16.6. The zero-order chi connectivity index (χ0) is 24.9. The quantitative estimate of drug-likeness (QED) is 0.403. The van der Waals surface area contributed by atoms with Gasteiger partial charge in [0, 0.05) is 6.42 Å². The molecule has 1 unspecified atom stereocenters. The van der Waals surface area contributed by atoms with Gasteiger partial charge in [0.05, 0.1) is 5.25 Å². The van der Waals surface area contributed by atoms with Gasteiger partial charge >= 0.3 is 5.97 Å². The number of rotatable bonds is 9. The number of carboxylic acid groups (broad SMARTS) is 1. The molecule has 0 radical (unpaired) electrons. The van der Waals surface area contributed by atoms with Crippen LogP contribution >= 0.6 is 12.6 Å². The van der Waals surface area contributed by atoms with Gasteiger partial charge in [-0.3, -0.25) is 9.59 Å². The number of thiol groups is 1. The Labute approximate surface area is 204 Å². The molecule has 1 fully saturated rings. The number of benzene rings is 2. The van der Waals surface area contributed by atoms with Gasteiger partial charge in [-0.15, -0.1) is 0 Å². The van der Waals surface area contributed by atoms with Gasteiger partial charge in [-0.1, -0.05) is 63.1 Å². The molecule has 3 rings (SSSR count). The Hall–Kier alpha value is -2.87. The number of amides is 2. The van der Waals surface area contributed by atoms with Gasteiger partial charge in [0.1, 0.15) is 17.4 Å². The smallest absolute Gasteiger partial charge is 0.326 e. The van der Waals surface area contributed by atoms with Crippen LogP contribution in [0.25, 0.3) is 11.1 Å². The van der Waals surface area contributed by atoms with E-state index in [2.05, 4.69) is 23.3 Å². The first-order chi connectivity index (χ1) is 16.1. The molecule has 1 saturated carbocycles. The molecule has 182 valence electrons. The summed E-state index contributed by atoms with van der Waals surface area (Å²) in [4.78, 5) is 37.8. The zero-order valence-electron chi connectivity index (χ0n) is 19.4. The fourth-order valence-corrected chi connectivity index (χ4v) is 4.27. The molecule has 1 aliphatic rings. The summed E-state index contributed by atoms with van der Waals surface area (Å²) in [6.45, 7) is 3.75. The van der Waals surface area contributed by atoms with Crippen molar-refractivity contribution in [3.05, 3.63) is 59.9 Å². The van der Waals surface area contributed by atoms with Crippen LogP contribution in [0.15, 0.2) is 48.5 Å². The van der Waals surface area contributed by atoms with Crippen molar-refractivity contribution in [1.82, 2.24) is 10.6 Å². The second kappa shape index (κ2) is 11.0. The number of aliphatic carboxylic acids is 1. The SMILES string of the molecule is CC(C)[C@H](S)C(=O)NC1(C(=O)NC(Cc2ccc(-c3ccc(F)cc3)cc2)C(=O)O)CCCC1. The van der Waals surface area contributed by atoms with E-state index in [0.717, 1.165) is 29.5 Å². The minimum Gasteiger partial charge on any atom is -0.480 e. The summed E-state index contributed by atoms with van der Waals surface area (Å²) in [6.07, 6.45) is 2.56. The number of carbonyl (C=O) groups excluding carboxylic acids is 2. The Balaban J connectivity index is 1.71. The molecular weight excluding hydrogens is 455 g/mol. The van der Waals surface area contributed by atoms with E-state index in [1.165, 1.54) is 12.1 Å². The first kappa shape index (κ1) is 25.7. The molecule has 1 aliphatic carbocycles. The van der Waals surface area contributed by atoms with E-state index in [1.807, 2.05) is 26.0 Å². The molecule has 2 aromatic rings. The van der Waals surface area contributed by atoms with Crippen molar-refractivity contribution in [3.8, 4) is 11.1 Å². The standard InChI is InChI=1S/C26H31FN2O4S/c1-16(2)22(34)23(30)29-26(13-3-4-14-26)25(33)28-21(24(31)32)15-17-5-7-18(8-6-17)19-9-11-20(27)12-10-19/h5-12,16,21-22,34H,3-4,13-15H2,1-2H3,(H,28,33)(H,29,30)(H,31,32)/t21?,22-/m0/s1. The van der Waals surface area contributed by atoms with Crippen molar-refractivity contribution >= 4 is 30.4 Å². The summed E-state index contributed by atoms with van der Waals surface area (Å²) < 4.78 is 13.2. The van der Waals surface area contributed by atoms with Crippen LogP contribution in [0.4, 0.5) is 4.39 Å². The van der Waals surface area contributed by atoms with Crippen molar-refractivity contribution in [2.75, 3.05) is 0 Å². The minimum atomic E-state index is -1.15. The topological polar surface area (TPSA) is 95.5 Å². The second-order valence-electron chi connectivity index (χ2n) is 9.24.